The lowest BCUT2D eigenvalue weighted by Gasteiger charge is -2.27. The first kappa shape index (κ1) is 17.7. The molecular formula is C20H18N4O4. The molecule has 2 aromatic carbocycles. The Bertz CT molecular complexity index is 879. The second kappa shape index (κ2) is 7.15. The molecule has 0 spiro atoms. The van der Waals surface area contributed by atoms with Crippen molar-refractivity contribution in [3.63, 3.8) is 0 Å². The molecule has 2 aromatic rings. The number of carbonyl (C=O) groups excluding carboxylic acids is 2. The molecule has 8 nitrogen and oxygen atoms in total. The van der Waals surface area contributed by atoms with E-state index in [1.54, 1.807) is 0 Å². The van der Waals surface area contributed by atoms with Crippen molar-refractivity contribution in [2.45, 2.75) is 26.3 Å². The van der Waals surface area contributed by atoms with Gasteiger partial charge < -0.3 is 9.47 Å². The first-order valence-corrected chi connectivity index (χ1v) is 8.75. The zero-order chi connectivity index (χ0) is 19.7. The summed E-state index contributed by atoms with van der Waals surface area (Å²) in [6.07, 6.45) is -1.91. The number of hydrogen-bond acceptors (Lipinski definition) is 6. The molecule has 0 fully saturated rings. The van der Waals surface area contributed by atoms with Gasteiger partial charge in [-0.2, -0.15) is 10.0 Å². The number of rotatable bonds is 3. The lowest BCUT2D eigenvalue weighted by atomic mass is 10.2. The number of hydrogen-bond donors (Lipinski definition) is 0. The summed E-state index contributed by atoms with van der Waals surface area (Å²) in [5, 5.41) is 10.9. The number of ether oxygens (including phenoxy) is 2. The zero-order valence-electron chi connectivity index (χ0n) is 15.4. The Morgan fingerprint density at radius 3 is 1.39 bits per heavy atom. The Balaban J connectivity index is 1.64. The molecule has 2 heterocycles. The maximum absolute atomic E-state index is 12.2. The fourth-order valence-electron chi connectivity index (χ4n) is 2.96. The fraction of sp³-hybridized carbons (Fsp3) is 0.200. The molecule has 28 heavy (non-hydrogen) atoms. The Morgan fingerprint density at radius 2 is 1.07 bits per heavy atom. The molecule has 0 aromatic heterocycles. The lowest BCUT2D eigenvalue weighted by Crippen LogP contribution is -2.49. The van der Waals surface area contributed by atoms with E-state index in [2.05, 4.69) is 10.2 Å². The van der Waals surface area contributed by atoms with E-state index in [0.717, 1.165) is 0 Å². The van der Waals surface area contributed by atoms with Crippen LogP contribution in [0.1, 0.15) is 25.0 Å². The fourth-order valence-corrected chi connectivity index (χ4v) is 2.96. The smallest absolute Gasteiger partial charge is 0.254 e. The highest BCUT2D eigenvalue weighted by Gasteiger charge is 2.47. The van der Waals surface area contributed by atoms with Gasteiger partial charge >= 0.3 is 0 Å². The van der Waals surface area contributed by atoms with Crippen molar-refractivity contribution < 1.29 is 19.1 Å². The molecule has 0 N–H and O–H groups in total. The molecule has 2 aliphatic rings. The Kier molecular flexibility index (Phi) is 4.52. The molecule has 2 atom stereocenters. The molecule has 142 valence electrons. The van der Waals surface area contributed by atoms with Crippen molar-refractivity contribution in [1.29, 1.82) is 0 Å². The standard InChI is InChI=1S/C20H18N4O4/c1-13(25)23-19(27-17(21-23)15-9-5-3-6-10-15)20-24(14(2)26)22-18(28-20)16-11-7-4-8-12-16/h3-12,19-20H,1-2H3/t19-,20+. The summed E-state index contributed by atoms with van der Waals surface area (Å²) < 4.78 is 11.9. The van der Waals surface area contributed by atoms with Gasteiger partial charge in [0.05, 0.1) is 0 Å². The van der Waals surface area contributed by atoms with Crippen molar-refractivity contribution in [1.82, 2.24) is 10.0 Å². The predicted molar refractivity (Wildman–Crippen MR) is 101 cm³/mol. The molecule has 8 heteroatoms. The maximum Gasteiger partial charge on any atom is 0.254 e. The normalized spacial score (nSPS) is 20.9. The van der Waals surface area contributed by atoms with Crippen molar-refractivity contribution >= 4 is 23.6 Å². The highest BCUT2D eigenvalue weighted by Crippen LogP contribution is 2.28. The lowest BCUT2D eigenvalue weighted by molar-refractivity contribution is -0.158. The van der Waals surface area contributed by atoms with Gasteiger partial charge in [0.25, 0.3) is 12.5 Å². The Hall–Kier alpha value is -3.68. The van der Waals surface area contributed by atoms with Crippen LogP contribution in [-0.4, -0.2) is 46.1 Å². The van der Waals surface area contributed by atoms with E-state index < -0.39 is 12.5 Å². The SMILES string of the molecule is CC(=O)N1N=C(c2ccccc2)O[C@@H]1[C@@H]1OC(c2ccccc2)=NN1C(C)=O. The van der Waals surface area contributed by atoms with Crippen molar-refractivity contribution in [3.8, 4) is 0 Å². The van der Waals surface area contributed by atoms with E-state index in [-0.39, 0.29) is 23.6 Å². The Morgan fingerprint density at radius 1 is 0.714 bits per heavy atom. The van der Waals surface area contributed by atoms with Gasteiger partial charge in [-0.1, -0.05) is 36.4 Å². The van der Waals surface area contributed by atoms with Crippen LogP contribution in [0.25, 0.3) is 0 Å². The van der Waals surface area contributed by atoms with Gasteiger partial charge in [0.15, 0.2) is 0 Å². The minimum absolute atomic E-state index is 0.279. The highest BCUT2D eigenvalue weighted by atomic mass is 16.6. The monoisotopic (exact) mass is 378 g/mol. The van der Waals surface area contributed by atoms with Crippen LogP contribution in [0.4, 0.5) is 0 Å². The summed E-state index contributed by atoms with van der Waals surface area (Å²) in [4.78, 5) is 24.3. The molecule has 0 aliphatic carbocycles. The van der Waals surface area contributed by atoms with Crippen LogP contribution < -0.4 is 0 Å². The summed E-state index contributed by atoms with van der Waals surface area (Å²) in [6, 6.07) is 18.4. The minimum atomic E-state index is -0.957. The summed E-state index contributed by atoms with van der Waals surface area (Å²) in [6.45, 7) is 2.75. The van der Waals surface area contributed by atoms with Gasteiger partial charge in [0, 0.05) is 25.0 Å². The average molecular weight is 378 g/mol. The number of hydrazone groups is 2. The molecule has 4 rings (SSSR count). The third kappa shape index (κ3) is 3.20. The first-order valence-electron chi connectivity index (χ1n) is 8.75. The first-order chi connectivity index (χ1) is 13.5. The van der Waals surface area contributed by atoms with Crippen molar-refractivity contribution in [2.24, 2.45) is 10.2 Å². The van der Waals surface area contributed by atoms with Gasteiger partial charge in [-0.25, -0.2) is 0 Å². The quantitative estimate of drug-likeness (QED) is 0.819. The van der Waals surface area contributed by atoms with Crippen LogP contribution in [0, 0.1) is 0 Å². The van der Waals surface area contributed by atoms with Gasteiger partial charge in [0.2, 0.25) is 23.6 Å². The van der Waals surface area contributed by atoms with Crippen LogP contribution in [0.3, 0.4) is 0 Å². The van der Waals surface area contributed by atoms with Crippen molar-refractivity contribution in [2.75, 3.05) is 0 Å². The average Bonchev–Trinajstić information content (AvgIpc) is 3.34. The van der Waals surface area contributed by atoms with Crippen LogP contribution >= 0.6 is 0 Å². The molecule has 0 saturated carbocycles. The summed E-state index contributed by atoms with van der Waals surface area (Å²) in [7, 11) is 0. The van der Waals surface area contributed by atoms with Crippen molar-refractivity contribution in [3.05, 3.63) is 71.8 Å². The maximum atomic E-state index is 12.2. The summed E-state index contributed by atoms with van der Waals surface area (Å²) >= 11 is 0. The number of benzene rings is 2. The van der Waals surface area contributed by atoms with Crippen LogP contribution in [0.5, 0.6) is 0 Å². The van der Waals surface area contributed by atoms with E-state index >= 15 is 0 Å². The Labute approximate surface area is 161 Å². The zero-order valence-corrected chi connectivity index (χ0v) is 15.4. The third-order valence-corrected chi connectivity index (χ3v) is 4.27. The predicted octanol–water partition coefficient (Wildman–Crippen LogP) is 2.12. The molecule has 0 unspecified atom stereocenters. The molecule has 0 saturated heterocycles. The minimum Gasteiger partial charge on any atom is -0.444 e. The van der Waals surface area contributed by atoms with Gasteiger partial charge in [-0.05, 0) is 24.3 Å². The van der Waals surface area contributed by atoms with E-state index in [4.69, 9.17) is 9.47 Å². The second-order valence-corrected chi connectivity index (χ2v) is 6.29. The largest absolute Gasteiger partial charge is 0.444 e. The molecule has 2 aliphatic heterocycles. The summed E-state index contributed by atoms with van der Waals surface area (Å²) in [5.74, 6) is -0.116. The van der Waals surface area contributed by atoms with E-state index in [1.165, 1.54) is 23.9 Å². The molecule has 0 radical (unpaired) electrons. The number of nitrogens with zero attached hydrogens (tertiary/aromatic N) is 4. The number of carbonyl (C=O) groups is 2. The number of amides is 2. The van der Waals surface area contributed by atoms with Gasteiger partial charge in [-0.3, -0.25) is 9.59 Å². The van der Waals surface area contributed by atoms with Gasteiger partial charge in [0.1, 0.15) is 0 Å². The van der Waals surface area contributed by atoms with Crippen LogP contribution in [0.15, 0.2) is 70.9 Å². The highest BCUT2D eigenvalue weighted by molar-refractivity contribution is 5.97. The van der Waals surface area contributed by atoms with E-state index in [1.807, 2.05) is 60.7 Å². The van der Waals surface area contributed by atoms with Gasteiger partial charge in [-0.15, -0.1) is 10.2 Å². The van der Waals surface area contributed by atoms with Crippen LogP contribution in [0.2, 0.25) is 0 Å². The van der Waals surface area contributed by atoms with Crippen LogP contribution in [-0.2, 0) is 19.1 Å². The second-order valence-electron chi connectivity index (χ2n) is 6.29. The topological polar surface area (TPSA) is 83.8 Å². The third-order valence-electron chi connectivity index (χ3n) is 4.27. The van der Waals surface area contributed by atoms with E-state index in [9.17, 15) is 9.59 Å². The molecule has 0 bridgehead atoms. The van der Waals surface area contributed by atoms with E-state index in [0.29, 0.717) is 11.1 Å². The molecule has 2 amide bonds. The molecular weight excluding hydrogens is 360 g/mol. The summed E-state index contributed by atoms with van der Waals surface area (Å²) in [5.41, 5.74) is 1.43.